The minimum Gasteiger partial charge on any atom is -0.338 e. The van der Waals surface area contributed by atoms with Gasteiger partial charge in [0.1, 0.15) is 0 Å². The molecule has 0 N–H and O–H groups in total. The largest absolute Gasteiger partial charge is 0.450 e. The van der Waals surface area contributed by atoms with E-state index in [1.165, 1.54) is 12.4 Å². The molecule has 2 heterocycles. The Morgan fingerprint density at radius 2 is 1.89 bits per heavy atom. The van der Waals surface area contributed by atoms with E-state index in [0.717, 1.165) is 5.56 Å². The van der Waals surface area contributed by atoms with Gasteiger partial charge in [0, 0.05) is 12.4 Å². The molecule has 0 spiro atoms. The van der Waals surface area contributed by atoms with Crippen LogP contribution < -0.4 is 0 Å². The highest BCUT2D eigenvalue weighted by Crippen LogP contribution is 2.19. The van der Waals surface area contributed by atoms with Crippen LogP contribution in [-0.2, 0) is 11.2 Å². The number of hydrogen-bond donors (Lipinski definition) is 0. The van der Waals surface area contributed by atoms with Gasteiger partial charge in [-0.2, -0.15) is 18.2 Å². The fraction of sp³-hybridized carbons (Fsp3) is 0.300. The van der Waals surface area contributed by atoms with Gasteiger partial charge >= 0.3 is 6.18 Å². The third-order valence-electron chi connectivity index (χ3n) is 2.08. The van der Waals surface area contributed by atoms with Crippen molar-refractivity contribution in [3.05, 3.63) is 23.8 Å². The first-order valence-corrected chi connectivity index (χ1v) is 5.08. The lowest BCUT2D eigenvalue weighted by Gasteiger charge is -2.00. The maximum absolute atomic E-state index is 12.0. The zero-order valence-electron chi connectivity index (χ0n) is 9.60. The van der Waals surface area contributed by atoms with Crippen molar-refractivity contribution < 1.29 is 22.5 Å². The smallest absolute Gasteiger partial charge is 0.338 e. The summed E-state index contributed by atoms with van der Waals surface area (Å²) in [5.41, 5.74) is 0.805. The average molecular weight is 272 g/mol. The maximum Gasteiger partial charge on any atom is 0.450 e. The molecule has 0 radical (unpaired) electrons. The summed E-state index contributed by atoms with van der Waals surface area (Å²) < 4.78 is 40.7. The Morgan fingerprint density at radius 1 is 1.26 bits per heavy atom. The molecule has 0 fully saturated rings. The summed E-state index contributed by atoms with van der Waals surface area (Å²) in [5.74, 6) is -2.33. The Bertz CT molecular complexity index is 592. The summed E-state index contributed by atoms with van der Waals surface area (Å²) >= 11 is 0. The van der Waals surface area contributed by atoms with Crippen molar-refractivity contribution in [1.82, 2.24) is 20.1 Å². The number of halogens is 3. The van der Waals surface area contributed by atoms with Crippen LogP contribution in [0.25, 0.3) is 11.6 Å². The van der Waals surface area contributed by atoms with Crippen molar-refractivity contribution in [3.63, 3.8) is 0 Å². The number of aromatic nitrogens is 4. The minimum atomic E-state index is -4.92. The standard InChI is InChI=1S/C10H7F3N4O2/c1-5-3-14-8(15-4-5)9-16-7(19-17-9)2-6(18)10(11,12)13/h3-4H,2H2,1H3. The number of nitrogens with zero attached hydrogens (tertiary/aromatic N) is 4. The number of ketones is 1. The first-order chi connectivity index (χ1) is 8.86. The first kappa shape index (κ1) is 13.1. The number of aryl methyl sites for hydroxylation is 1. The quantitative estimate of drug-likeness (QED) is 0.842. The highest BCUT2D eigenvalue weighted by Gasteiger charge is 2.39. The Labute approximate surface area is 104 Å². The van der Waals surface area contributed by atoms with E-state index >= 15 is 0 Å². The van der Waals surface area contributed by atoms with Gasteiger partial charge in [0.2, 0.25) is 23.3 Å². The lowest BCUT2D eigenvalue weighted by atomic mass is 10.3. The van der Waals surface area contributed by atoms with E-state index in [0.29, 0.717) is 0 Å². The fourth-order valence-corrected chi connectivity index (χ4v) is 1.16. The molecule has 0 aromatic carbocycles. The summed E-state index contributed by atoms with van der Waals surface area (Å²) in [4.78, 5) is 22.2. The zero-order valence-corrected chi connectivity index (χ0v) is 9.60. The van der Waals surface area contributed by atoms with E-state index in [9.17, 15) is 18.0 Å². The Morgan fingerprint density at radius 3 is 2.47 bits per heavy atom. The van der Waals surface area contributed by atoms with Gasteiger partial charge in [-0.1, -0.05) is 5.16 Å². The summed E-state index contributed by atoms with van der Waals surface area (Å²) in [6.45, 7) is 1.77. The third-order valence-corrected chi connectivity index (χ3v) is 2.08. The van der Waals surface area contributed by atoms with Crippen LogP contribution in [0, 0.1) is 6.92 Å². The molecular formula is C10H7F3N4O2. The van der Waals surface area contributed by atoms with E-state index in [2.05, 4.69) is 24.6 Å². The van der Waals surface area contributed by atoms with Crippen LogP contribution in [0.2, 0.25) is 0 Å². The van der Waals surface area contributed by atoms with E-state index < -0.39 is 24.3 Å². The molecule has 0 bridgehead atoms. The van der Waals surface area contributed by atoms with E-state index in [4.69, 9.17) is 0 Å². The lowest BCUT2D eigenvalue weighted by Crippen LogP contribution is -2.24. The molecule has 2 aromatic rings. The average Bonchev–Trinajstić information content (AvgIpc) is 2.77. The van der Waals surface area contributed by atoms with Crippen LogP contribution in [-0.4, -0.2) is 32.1 Å². The number of rotatable bonds is 3. The SMILES string of the molecule is Cc1cnc(-c2noc(CC(=O)C(F)(F)F)n2)nc1. The molecule has 2 aromatic heterocycles. The van der Waals surface area contributed by atoms with Crippen LogP contribution >= 0.6 is 0 Å². The Hall–Kier alpha value is -2.32. The molecule has 19 heavy (non-hydrogen) atoms. The number of alkyl halides is 3. The van der Waals surface area contributed by atoms with Gasteiger partial charge in [0.15, 0.2) is 0 Å². The lowest BCUT2D eigenvalue weighted by molar-refractivity contribution is -0.170. The molecule has 0 saturated carbocycles. The summed E-state index contributed by atoms with van der Waals surface area (Å²) in [7, 11) is 0. The molecule has 100 valence electrons. The maximum atomic E-state index is 12.0. The summed E-state index contributed by atoms with van der Waals surface area (Å²) in [6, 6.07) is 0. The summed E-state index contributed by atoms with van der Waals surface area (Å²) in [5, 5.41) is 3.42. The van der Waals surface area contributed by atoms with Crippen molar-refractivity contribution >= 4 is 5.78 Å². The van der Waals surface area contributed by atoms with Crippen LogP contribution in [0.1, 0.15) is 11.5 Å². The van der Waals surface area contributed by atoms with Crippen molar-refractivity contribution in [2.45, 2.75) is 19.5 Å². The number of carbonyl (C=O) groups excluding carboxylic acids is 1. The molecule has 0 aliphatic rings. The van der Waals surface area contributed by atoms with Crippen LogP contribution in [0.5, 0.6) is 0 Å². The number of Topliss-reactive ketones (excluding diaryl/α,β-unsaturated/α-hetero) is 1. The molecule has 0 aliphatic carbocycles. The van der Waals surface area contributed by atoms with Gasteiger partial charge in [0.05, 0.1) is 6.42 Å². The van der Waals surface area contributed by atoms with Gasteiger partial charge in [0.25, 0.3) is 0 Å². The molecule has 6 nitrogen and oxygen atoms in total. The zero-order chi connectivity index (χ0) is 14.0. The van der Waals surface area contributed by atoms with Gasteiger partial charge in [-0.3, -0.25) is 4.79 Å². The van der Waals surface area contributed by atoms with E-state index in [1.54, 1.807) is 6.92 Å². The fourth-order valence-electron chi connectivity index (χ4n) is 1.16. The van der Waals surface area contributed by atoms with Gasteiger partial charge in [-0.25, -0.2) is 9.97 Å². The number of carbonyl (C=O) groups is 1. The van der Waals surface area contributed by atoms with Crippen molar-refractivity contribution in [1.29, 1.82) is 0 Å². The normalized spacial score (nSPS) is 11.6. The van der Waals surface area contributed by atoms with Crippen molar-refractivity contribution in [2.24, 2.45) is 0 Å². The van der Waals surface area contributed by atoms with Gasteiger partial charge in [-0.15, -0.1) is 0 Å². The van der Waals surface area contributed by atoms with Crippen LogP contribution in [0.3, 0.4) is 0 Å². The number of hydrogen-bond acceptors (Lipinski definition) is 6. The van der Waals surface area contributed by atoms with Gasteiger partial charge in [-0.05, 0) is 12.5 Å². The molecule has 0 unspecified atom stereocenters. The molecule has 0 saturated heterocycles. The molecule has 0 amide bonds. The molecule has 0 atom stereocenters. The predicted molar refractivity (Wildman–Crippen MR) is 54.8 cm³/mol. The van der Waals surface area contributed by atoms with Crippen LogP contribution in [0.15, 0.2) is 16.9 Å². The summed E-state index contributed by atoms with van der Waals surface area (Å²) in [6.07, 6.45) is -2.92. The topological polar surface area (TPSA) is 81.8 Å². The molecule has 2 rings (SSSR count). The highest BCUT2D eigenvalue weighted by molar-refractivity contribution is 5.85. The van der Waals surface area contributed by atoms with Crippen molar-refractivity contribution in [3.8, 4) is 11.6 Å². The minimum absolute atomic E-state index is 0.0648. The van der Waals surface area contributed by atoms with Gasteiger partial charge < -0.3 is 4.52 Å². The van der Waals surface area contributed by atoms with Crippen LogP contribution in [0.4, 0.5) is 13.2 Å². The Balaban J connectivity index is 2.16. The monoisotopic (exact) mass is 272 g/mol. The third kappa shape index (κ3) is 3.12. The molecular weight excluding hydrogens is 265 g/mol. The second-order valence-electron chi connectivity index (χ2n) is 3.69. The van der Waals surface area contributed by atoms with E-state index in [1.807, 2.05) is 0 Å². The second kappa shape index (κ2) is 4.75. The van der Waals surface area contributed by atoms with Crippen molar-refractivity contribution in [2.75, 3.05) is 0 Å². The second-order valence-corrected chi connectivity index (χ2v) is 3.69. The Kier molecular flexibility index (Phi) is 3.28. The highest BCUT2D eigenvalue weighted by atomic mass is 19.4. The predicted octanol–water partition coefficient (Wildman–Crippen LogP) is 1.51. The van der Waals surface area contributed by atoms with E-state index in [-0.39, 0.29) is 11.6 Å². The molecule has 0 aliphatic heterocycles. The first-order valence-electron chi connectivity index (χ1n) is 5.08. The molecule has 9 heteroatoms.